The first-order valence-electron chi connectivity index (χ1n) is 7.15. The summed E-state index contributed by atoms with van der Waals surface area (Å²) in [5.74, 6) is 2.12. The zero-order chi connectivity index (χ0) is 13.3. The SMILES string of the molecule is CCCCCC(S)SCCC(C)CC(C)(C)C. The summed E-state index contributed by atoms with van der Waals surface area (Å²) in [7, 11) is 0. The summed E-state index contributed by atoms with van der Waals surface area (Å²) in [6.07, 6.45) is 7.96. The molecule has 0 aliphatic rings. The van der Waals surface area contributed by atoms with Gasteiger partial charge in [0.25, 0.3) is 0 Å². The van der Waals surface area contributed by atoms with Crippen LogP contribution in [0.2, 0.25) is 0 Å². The van der Waals surface area contributed by atoms with Crippen molar-refractivity contribution in [2.45, 2.75) is 77.7 Å². The quantitative estimate of drug-likeness (QED) is 0.305. The Morgan fingerprint density at radius 3 is 2.29 bits per heavy atom. The second kappa shape index (κ2) is 9.61. The zero-order valence-corrected chi connectivity index (χ0v) is 14.2. The van der Waals surface area contributed by atoms with E-state index in [-0.39, 0.29) is 0 Å². The number of thiol groups is 1. The third kappa shape index (κ3) is 12.9. The molecule has 0 nitrogen and oxygen atoms in total. The lowest BCUT2D eigenvalue weighted by molar-refractivity contribution is 0.303. The number of thioether (sulfide) groups is 1. The predicted octanol–water partition coefficient (Wildman–Crippen LogP) is 6.02. The van der Waals surface area contributed by atoms with Crippen molar-refractivity contribution in [3.8, 4) is 0 Å². The van der Waals surface area contributed by atoms with Gasteiger partial charge in [0, 0.05) is 4.58 Å². The lowest BCUT2D eigenvalue weighted by Gasteiger charge is -2.23. The van der Waals surface area contributed by atoms with Crippen LogP contribution in [-0.4, -0.2) is 10.3 Å². The molecule has 0 spiro atoms. The lowest BCUT2D eigenvalue weighted by atomic mass is 9.84. The largest absolute Gasteiger partial charge is 0.165 e. The van der Waals surface area contributed by atoms with Crippen LogP contribution in [0, 0.1) is 11.3 Å². The highest BCUT2D eigenvalue weighted by atomic mass is 32.2. The van der Waals surface area contributed by atoms with Crippen molar-refractivity contribution in [2.75, 3.05) is 5.75 Å². The van der Waals surface area contributed by atoms with Crippen molar-refractivity contribution in [1.29, 1.82) is 0 Å². The molecule has 0 aromatic heterocycles. The van der Waals surface area contributed by atoms with Gasteiger partial charge >= 0.3 is 0 Å². The summed E-state index contributed by atoms with van der Waals surface area (Å²) in [5, 5.41) is 0. The number of hydrogen-bond acceptors (Lipinski definition) is 2. The number of hydrogen-bond donors (Lipinski definition) is 1. The fourth-order valence-corrected chi connectivity index (χ4v) is 3.85. The van der Waals surface area contributed by atoms with Crippen molar-refractivity contribution >= 4 is 24.4 Å². The van der Waals surface area contributed by atoms with Crippen LogP contribution in [-0.2, 0) is 0 Å². The zero-order valence-electron chi connectivity index (χ0n) is 12.5. The Bertz CT molecular complexity index is 172. The van der Waals surface area contributed by atoms with Gasteiger partial charge in [0.1, 0.15) is 0 Å². The van der Waals surface area contributed by atoms with Crippen molar-refractivity contribution < 1.29 is 0 Å². The Morgan fingerprint density at radius 1 is 1.12 bits per heavy atom. The summed E-state index contributed by atoms with van der Waals surface area (Å²) >= 11 is 6.70. The molecule has 0 aromatic carbocycles. The normalized spacial score (nSPS) is 15.9. The Labute approximate surface area is 119 Å². The second-order valence-corrected chi connectivity index (χ2v) is 8.76. The highest BCUT2D eigenvalue weighted by Gasteiger charge is 2.15. The van der Waals surface area contributed by atoms with Crippen LogP contribution in [0.1, 0.15) is 73.1 Å². The first-order valence-corrected chi connectivity index (χ1v) is 8.71. The summed E-state index contributed by atoms with van der Waals surface area (Å²) < 4.78 is 0.559. The molecule has 0 bridgehead atoms. The van der Waals surface area contributed by atoms with Crippen LogP contribution in [0.15, 0.2) is 0 Å². The van der Waals surface area contributed by atoms with E-state index >= 15 is 0 Å². The van der Waals surface area contributed by atoms with E-state index in [1.54, 1.807) is 0 Å². The van der Waals surface area contributed by atoms with Crippen LogP contribution >= 0.6 is 24.4 Å². The fourth-order valence-electron chi connectivity index (χ4n) is 2.21. The Kier molecular flexibility index (Phi) is 10.0. The molecule has 0 saturated heterocycles. The molecule has 2 atom stereocenters. The van der Waals surface area contributed by atoms with Crippen molar-refractivity contribution in [1.82, 2.24) is 0 Å². The Balaban J connectivity index is 3.49. The summed E-state index contributed by atoms with van der Waals surface area (Å²) in [6.45, 7) is 11.7. The smallest absolute Gasteiger partial charge is 0.0472 e. The molecule has 104 valence electrons. The first-order chi connectivity index (χ1) is 7.85. The van der Waals surface area contributed by atoms with Gasteiger partial charge in [-0.25, -0.2) is 0 Å². The van der Waals surface area contributed by atoms with E-state index in [0.29, 0.717) is 10.00 Å². The molecule has 0 N–H and O–H groups in total. The molecule has 2 heteroatoms. The van der Waals surface area contributed by atoms with E-state index in [0.717, 1.165) is 5.92 Å². The number of unbranched alkanes of at least 4 members (excludes halogenated alkanes) is 2. The molecule has 0 saturated carbocycles. The lowest BCUT2D eigenvalue weighted by Crippen LogP contribution is -2.11. The van der Waals surface area contributed by atoms with Gasteiger partial charge in [0.05, 0.1) is 0 Å². The molecule has 2 unspecified atom stereocenters. The maximum Gasteiger partial charge on any atom is 0.0472 e. The van der Waals surface area contributed by atoms with Crippen molar-refractivity contribution in [3.63, 3.8) is 0 Å². The van der Waals surface area contributed by atoms with Gasteiger partial charge < -0.3 is 0 Å². The van der Waals surface area contributed by atoms with Gasteiger partial charge in [-0.1, -0.05) is 53.9 Å². The summed E-state index contributed by atoms with van der Waals surface area (Å²) in [6, 6.07) is 0. The molecule has 0 aliphatic heterocycles. The Morgan fingerprint density at radius 2 is 1.76 bits per heavy atom. The highest BCUT2D eigenvalue weighted by molar-refractivity contribution is 8.10. The molecule has 0 amide bonds. The molecular formula is C15H32S2. The number of rotatable bonds is 9. The van der Waals surface area contributed by atoms with Crippen molar-refractivity contribution in [2.24, 2.45) is 11.3 Å². The van der Waals surface area contributed by atoms with Crippen LogP contribution in [0.3, 0.4) is 0 Å². The summed E-state index contributed by atoms with van der Waals surface area (Å²) in [5.41, 5.74) is 0.478. The molecule has 0 radical (unpaired) electrons. The van der Waals surface area contributed by atoms with Crippen molar-refractivity contribution in [3.05, 3.63) is 0 Å². The maximum atomic E-state index is 4.65. The average Bonchev–Trinajstić information content (AvgIpc) is 2.15. The van der Waals surface area contributed by atoms with Crippen LogP contribution in [0.5, 0.6) is 0 Å². The highest BCUT2D eigenvalue weighted by Crippen LogP contribution is 2.28. The molecule has 17 heavy (non-hydrogen) atoms. The average molecular weight is 277 g/mol. The molecule has 0 aliphatic carbocycles. The van der Waals surface area contributed by atoms with Crippen LogP contribution in [0.25, 0.3) is 0 Å². The van der Waals surface area contributed by atoms with E-state index in [1.807, 2.05) is 11.8 Å². The Hall–Kier alpha value is 0.700. The maximum absolute atomic E-state index is 4.65. The van der Waals surface area contributed by atoms with Gasteiger partial charge in [-0.05, 0) is 36.3 Å². The van der Waals surface area contributed by atoms with E-state index in [1.165, 1.54) is 44.3 Å². The van der Waals surface area contributed by atoms with Gasteiger partial charge in [-0.3, -0.25) is 0 Å². The standard InChI is InChI=1S/C15H32S2/c1-6-7-8-9-14(16)17-11-10-13(2)12-15(3,4)5/h13-14,16H,6-12H2,1-5H3. The topological polar surface area (TPSA) is 0 Å². The summed E-state index contributed by atoms with van der Waals surface area (Å²) in [4.78, 5) is 0. The second-order valence-electron chi connectivity index (χ2n) is 6.48. The monoisotopic (exact) mass is 276 g/mol. The minimum absolute atomic E-state index is 0.478. The van der Waals surface area contributed by atoms with Gasteiger partial charge in [-0.2, -0.15) is 12.6 Å². The molecule has 0 fully saturated rings. The molecule has 0 rings (SSSR count). The first kappa shape index (κ1) is 17.7. The minimum atomic E-state index is 0.478. The van der Waals surface area contributed by atoms with E-state index in [9.17, 15) is 0 Å². The minimum Gasteiger partial charge on any atom is -0.165 e. The van der Waals surface area contributed by atoms with Crippen LogP contribution in [0.4, 0.5) is 0 Å². The van der Waals surface area contributed by atoms with Crippen LogP contribution < -0.4 is 0 Å². The molecular weight excluding hydrogens is 244 g/mol. The molecule has 0 aromatic rings. The van der Waals surface area contributed by atoms with Gasteiger partial charge in [0.15, 0.2) is 0 Å². The van der Waals surface area contributed by atoms with E-state index < -0.39 is 0 Å². The third-order valence-corrected chi connectivity index (χ3v) is 4.73. The van der Waals surface area contributed by atoms with E-state index in [4.69, 9.17) is 0 Å². The van der Waals surface area contributed by atoms with Gasteiger partial charge in [0.2, 0.25) is 0 Å². The fraction of sp³-hybridized carbons (Fsp3) is 1.00. The van der Waals surface area contributed by atoms with E-state index in [2.05, 4.69) is 47.2 Å². The van der Waals surface area contributed by atoms with Gasteiger partial charge in [-0.15, -0.1) is 11.8 Å². The predicted molar refractivity (Wildman–Crippen MR) is 87.2 cm³/mol. The molecule has 0 heterocycles. The third-order valence-electron chi connectivity index (χ3n) is 2.94.